The predicted molar refractivity (Wildman–Crippen MR) is 80.8 cm³/mol. The Labute approximate surface area is 123 Å². The summed E-state index contributed by atoms with van der Waals surface area (Å²) >= 11 is 0. The highest BCUT2D eigenvalue weighted by Gasteiger charge is 2.17. The number of carbonyl (C=O) groups is 1. The lowest BCUT2D eigenvalue weighted by Crippen LogP contribution is -2.28. The topological polar surface area (TPSA) is 55.1 Å². The molecule has 0 saturated carbocycles. The van der Waals surface area contributed by atoms with Crippen LogP contribution < -0.4 is 11.1 Å². The molecule has 1 aliphatic rings. The van der Waals surface area contributed by atoms with Crippen molar-refractivity contribution < 1.29 is 9.18 Å². The number of hydrogen-bond donors (Lipinski definition) is 2. The lowest BCUT2D eigenvalue weighted by molar-refractivity contribution is 0.102. The van der Waals surface area contributed by atoms with Crippen LogP contribution in [0.5, 0.6) is 0 Å². The molecular formula is C17H17FN2O. The van der Waals surface area contributed by atoms with Gasteiger partial charge in [0, 0.05) is 17.3 Å². The quantitative estimate of drug-likeness (QED) is 0.891. The first-order valence-electron chi connectivity index (χ1n) is 7.06. The molecule has 21 heavy (non-hydrogen) atoms. The predicted octanol–water partition coefficient (Wildman–Crippen LogP) is 2.89. The maximum Gasteiger partial charge on any atom is 0.255 e. The van der Waals surface area contributed by atoms with Crippen molar-refractivity contribution in [1.82, 2.24) is 0 Å². The number of anilines is 1. The summed E-state index contributed by atoms with van der Waals surface area (Å²) in [6.07, 6.45) is 2.74. The van der Waals surface area contributed by atoms with Crippen LogP contribution in [0.1, 0.15) is 27.9 Å². The van der Waals surface area contributed by atoms with Crippen molar-refractivity contribution in [3.8, 4) is 0 Å². The van der Waals surface area contributed by atoms with E-state index in [1.807, 2.05) is 18.2 Å². The fraction of sp³-hybridized carbons (Fsp3) is 0.235. The second-order valence-electron chi connectivity index (χ2n) is 5.45. The third-order valence-electron chi connectivity index (χ3n) is 3.84. The summed E-state index contributed by atoms with van der Waals surface area (Å²) in [7, 11) is 0. The van der Waals surface area contributed by atoms with Crippen molar-refractivity contribution in [2.75, 3.05) is 5.32 Å². The number of fused-ring (bicyclic) bond motifs is 1. The van der Waals surface area contributed by atoms with Gasteiger partial charge in [0.2, 0.25) is 0 Å². The summed E-state index contributed by atoms with van der Waals surface area (Å²) in [5, 5.41) is 2.77. The molecule has 0 fully saturated rings. The van der Waals surface area contributed by atoms with Crippen LogP contribution >= 0.6 is 0 Å². The number of aryl methyl sites for hydroxylation is 1. The number of halogens is 1. The van der Waals surface area contributed by atoms with Crippen molar-refractivity contribution in [2.24, 2.45) is 5.73 Å². The number of carbonyl (C=O) groups excluding carboxylic acids is 1. The van der Waals surface area contributed by atoms with E-state index in [0.29, 0.717) is 11.3 Å². The molecule has 2 aromatic carbocycles. The molecule has 0 spiro atoms. The van der Waals surface area contributed by atoms with Crippen LogP contribution in [0.15, 0.2) is 42.5 Å². The van der Waals surface area contributed by atoms with E-state index >= 15 is 0 Å². The Kier molecular flexibility index (Phi) is 3.71. The van der Waals surface area contributed by atoms with E-state index in [4.69, 9.17) is 5.73 Å². The van der Waals surface area contributed by atoms with Gasteiger partial charge in [-0.2, -0.15) is 0 Å². The average Bonchev–Trinajstić information content (AvgIpc) is 2.49. The maximum absolute atomic E-state index is 12.8. The Hall–Kier alpha value is -2.20. The van der Waals surface area contributed by atoms with Gasteiger partial charge in [-0.15, -0.1) is 0 Å². The van der Waals surface area contributed by atoms with E-state index in [1.165, 1.54) is 23.3 Å². The first-order chi connectivity index (χ1) is 10.1. The van der Waals surface area contributed by atoms with Gasteiger partial charge in [0.25, 0.3) is 5.91 Å². The highest BCUT2D eigenvalue weighted by atomic mass is 19.1. The Morgan fingerprint density at radius 3 is 2.67 bits per heavy atom. The van der Waals surface area contributed by atoms with Crippen LogP contribution in [0.3, 0.4) is 0 Å². The zero-order valence-electron chi connectivity index (χ0n) is 11.6. The van der Waals surface area contributed by atoms with Gasteiger partial charge in [-0.3, -0.25) is 4.79 Å². The van der Waals surface area contributed by atoms with Gasteiger partial charge in [0.15, 0.2) is 0 Å². The van der Waals surface area contributed by atoms with E-state index in [9.17, 15) is 9.18 Å². The molecular weight excluding hydrogens is 267 g/mol. The van der Waals surface area contributed by atoms with Crippen LogP contribution in [0.25, 0.3) is 0 Å². The molecule has 0 radical (unpaired) electrons. The number of benzene rings is 2. The van der Waals surface area contributed by atoms with E-state index in [2.05, 4.69) is 5.32 Å². The Bertz CT molecular complexity index is 667. The SMILES string of the molecule is N[C@H]1CCc2cc(C(=O)Nc3ccc(F)cc3)ccc2C1. The molecule has 0 unspecified atom stereocenters. The van der Waals surface area contributed by atoms with Crippen molar-refractivity contribution in [3.05, 3.63) is 65.0 Å². The van der Waals surface area contributed by atoms with Crippen molar-refractivity contribution >= 4 is 11.6 Å². The van der Waals surface area contributed by atoms with Gasteiger partial charge in [-0.25, -0.2) is 4.39 Å². The molecule has 0 aromatic heterocycles. The second kappa shape index (κ2) is 5.66. The minimum Gasteiger partial charge on any atom is -0.327 e. The summed E-state index contributed by atoms with van der Waals surface area (Å²) in [6.45, 7) is 0. The molecule has 0 saturated heterocycles. The number of hydrogen-bond acceptors (Lipinski definition) is 2. The van der Waals surface area contributed by atoms with Crippen molar-refractivity contribution in [2.45, 2.75) is 25.3 Å². The third-order valence-corrected chi connectivity index (χ3v) is 3.84. The van der Waals surface area contributed by atoms with Crippen LogP contribution in [-0.4, -0.2) is 11.9 Å². The molecule has 0 aliphatic heterocycles. The number of nitrogens with one attached hydrogen (secondary N) is 1. The molecule has 3 N–H and O–H groups in total. The van der Waals surface area contributed by atoms with Crippen LogP contribution in [-0.2, 0) is 12.8 Å². The van der Waals surface area contributed by atoms with Crippen molar-refractivity contribution in [3.63, 3.8) is 0 Å². The largest absolute Gasteiger partial charge is 0.327 e. The van der Waals surface area contributed by atoms with E-state index in [1.54, 1.807) is 12.1 Å². The molecule has 3 nitrogen and oxygen atoms in total. The zero-order valence-corrected chi connectivity index (χ0v) is 11.6. The molecule has 3 rings (SSSR count). The minimum absolute atomic E-state index is 0.181. The van der Waals surface area contributed by atoms with Crippen LogP contribution in [0.2, 0.25) is 0 Å². The molecule has 4 heteroatoms. The molecule has 2 aromatic rings. The van der Waals surface area contributed by atoms with Gasteiger partial charge < -0.3 is 11.1 Å². The monoisotopic (exact) mass is 284 g/mol. The molecule has 1 atom stereocenters. The fourth-order valence-electron chi connectivity index (χ4n) is 2.66. The molecule has 1 amide bonds. The highest BCUT2D eigenvalue weighted by molar-refractivity contribution is 6.04. The minimum atomic E-state index is -0.321. The van der Waals surface area contributed by atoms with Gasteiger partial charge in [-0.05, 0) is 66.8 Å². The lowest BCUT2D eigenvalue weighted by Gasteiger charge is -2.21. The Morgan fingerprint density at radius 2 is 1.90 bits per heavy atom. The van der Waals surface area contributed by atoms with E-state index < -0.39 is 0 Å². The third kappa shape index (κ3) is 3.11. The molecule has 0 heterocycles. The zero-order chi connectivity index (χ0) is 14.8. The normalized spacial score (nSPS) is 17.1. The van der Waals surface area contributed by atoms with Gasteiger partial charge in [0.05, 0.1) is 0 Å². The average molecular weight is 284 g/mol. The maximum atomic E-state index is 12.8. The van der Waals surface area contributed by atoms with E-state index in [-0.39, 0.29) is 17.8 Å². The number of rotatable bonds is 2. The number of amides is 1. The van der Waals surface area contributed by atoms with Crippen LogP contribution in [0, 0.1) is 5.82 Å². The van der Waals surface area contributed by atoms with Gasteiger partial charge in [0.1, 0.15) is 5.82 Å². The fourth-order valence-corrected chi connectivity index (χ4v) is 2.66. The smallest absolute Gasteiger partial charge is 0.255 e. The summed E-state index contributed by atoms with van der Waals surface area (Å²) in [4.78, 5) is 12.2. The first-order valence-corrected chi connectivity index (χ1v) is 7.06. The standard InChI is InChI=1S/C17H17FN2O/c18-14-4-7-16(8-5-14)20-17(21)13-2-1-12-10-15(19)6-3-11(12)9-13/h1-2,4-5,7-9,15H,3,6,10,19H2,(H,20,21)/t15-/m0/s1. The molecule has 1 aliphatic carbocycles. The first kappa shape index (κ1) is 13.8. The summed E-state index contributed by atoms with van der Waals surface area (Å²) in [5.41, 5.74) is 9.58. The Morgan fingerprint density at radius 1 is 1.14 bits per heavy atom. The van der Waals surface area contributed by atoms with Gasteiger partial charge >= 0.3 is 0 Å². The Balaban J connectivity index is 1.77. The lowest BCUT2D eigenvalue weighted by atomic mass is 9.87. The van der Waals surface area contributed by atoms with E-state index in [0.717, 1.165) is 19.3 Å². The summed E-state index contributed by atoms with van der Waals surface area (Å²) in [5.74, 6) is -0.502. The summed E-state index contributed by atoms with van der Waals surface area (Å²) < 4.78 is 12.8. The van der Waals surface area contributed by atoms with Crippen molar-refractivity contribution in [1.29, 1.82) is 0 Å². The van der Waals surface area contributed by atoms with Crippen LogP contribution in [0.4, 0.5) is 10.1 Å². The van der Waals surface area contributed by atoms with Gasteiger partial charge in [-0.1, -0.05) is 6.07 Å². The molecule has 108 valence electrons. The number of nitrogens with two attached hydrogens (primary N) is 1. The second-order valence-corrected chi connectivity index (χ2v) is 5.45. The highest BCUT2D eigenvalue weighted by Crippen LogP contribution is 2.22. The summed E-state index contributed by atoms with van der Waals surface area (Å²) in [6, 6.07) is 11.7. The molecule has 0 bridgehead atoms.